The first kappa shape index (κ1) is 11.0. The van der Waals surface area contributed by atoms with Gasteiger partial charge in [-0.05, 0) is 12.5 Å². The highest BCUT2D eigenvalue weighted by Crippen LogP contribution is 2.07. The molecule has 80 valence electrons. The molecule has 0 fully saturated rings. The van der Waals surface area contributed by atoms with Crippen molar-refractivity contribution in [2.24, 2.45) is 5.92 Å². The molecule has 0 amide bonds. The number of hydrogen-bond donors (Lipinski definition) is 1. The van der Waals surface area contributed by atoms with E-state index in [4.69, 9.17) is 4.42 Å². The molecule has 0 aliphatic heterocycles. The number of rotatable bonds is 5. The fourth-order valence-corrected chi connectivity index (χ4v) is 0.965. The fraction of sp³-hybridized carbons (Fsp3) is 0.778. The van der Waals surface area contributed by atoms with Crippen LogP contribution in [0.3, 0.4) is 0 Å². The Balaban J connectivity index is 2.36. The van der Waals surface area contributed by atoms with Gasteiger partial charge in [-0.25, -0.2) is 0 Å². The van der Waals surface area contributed by atoms with Crippen LogP contribution in [0.5, 0.6) is 0 Å². The highest BCUT2D eigenvalue weighted by Gasteiger charge is 2.06. The van der Waals surface area contributed by atoms with Crippen LogP contribution in [0, 0.1) is 5.92 Å². The first-order valence-corrected chi connectivity index (χ1v) is 4.80. The summed E-state index contributed by atoms with van der Waals surface area (Å²) in [6.45, 7) is 5.91. The van der Waals surface area contributed by atoms with Gasteiger partial charge < -0.3 is 14.6 Å². The lowest BCUT2D eigenvalue weighted by molar-refractivity contribution is 0.453. The molecule has 0 saturated carbocycles. The van der Waals surface area contributed by atoms with Gasteiger partial charge in [-0.3, -0.25) is 0 Å². The Bertz CT molecular complexity index is 270. The summed E-state index contributed by atoms with van der Waals surface area (Å²) in [5.74, 6) is 1.26. The van der Waals surface area contributed by atoms with E-state index in [0.29, 0.717) is 24.4 Å². The summed E-state index contributed by atoms with van der Waals surface area (Å²) in [5.41, 5.74) is 0. The average Bonchev–Trinajstić information content (AvgIpc) is 2.52. The van der Waals surface area contributed by atoms with Crippen molar-refractivity contribution < 1.29 is 4.42 Å². The SMILES string of the molecule is CC(C)CNCc1nnc(N(C)C)o1. The van der Waals surface area contributed by atoms with Crippen molar-refractivity contribution in [3.05, 3.63) is 5.89 Å². The largest absolute Gasteiger partial charge is 0.407 e. The van der Waals surface area contributed by atoms with E-state index in [1.165, 1.54) is 0 Å². The van der Waals surface area contributed by atoms with Gasteiger partial charge in [-0.2, -0.15) is 0 Å². The van der Waals surface area contributed by atoms with Gasteiger partial charge in [0.2, 0.25) is 5.89 Å². The summed E-state index contributed by atoms with van der Waals surface area (Å²) in [7, 11) is 3.75. The van der Waals surface area contributed by atoms with Crippen LogP contribution in [0.25, 0.3) is 0 Å². The molecular weight excluding hydrogens is 180 g/mol. The van der Waals surface area contributed by atoms with E-state index < -0.39 is 0 Å². The third-order valence-corrected chi connectivity index (χ3v) is 1.67. The van der Waals surface area contributed by atoms with E-state index in [0.717, 1.165) is 6.54 Å². The standard InChI is InChI=1S/C9H18N4O/c1-7(2)5-10-6-8-11-12-9(14-8)13(3)4/h7,10H,5-6H2,1-4H3. The minimum Gasteiger partial charge on any atom is -0.407 e. The van der Waals surface area contributed by atoms with Gasteiger partial charge in [-0.1, -0.05) is 18.9 Å². The molecule has 0 aliphatic carbocycles. The molecular formula is C9H18N4O. The van der Waals surface area contributed by atoms with E-state index >= 15 is 0 Å². The predicted molar refractivity (Wildman–Crippen MR) is 55.2 cm³/mol. The third-order valence-electron chi connectivity index (χ3n) is 1.67. The van der Waals surface area contributed by atoms with Crippen LogP contribution in [0.4, 0.5) is 6.01 Å². The van der Waals surface area contributed by atoms with Crippen molar-refractivity contribution >= 4 is 6.01 Å². The topological polar surface area (TPSA) is 54.2 Å². The van der Waals surface area contributed by atoms with Crippen molar-refractivity contribution in [1.82, 2.24) is 15.5 Å². The molecule has 0 aliphatic rings. The van der Waals surface area contributed by atoms with E-state index in [2.05, 4.69) is 29.4 Å². The first-order valence-electron chi connectivity index (χ1n) is 4.80. The van der Waals surface area contributed by atoms with Crippen LogP contribution in [-0.4, -0.2) is 30.8 Å². The molecule has 0 aromatic carbocycles. The molecule has 1 heterocycles. The quantitative estimate of drug-likeness (QED) is 0.761. The fourth-order valence-electron chi connectivity index (χ4n) is 0.965. The second-order valence-corrected chi connectivity index (χ2v) is 3.90. The molecule has 1 aromatic heterocycles. The van der Waals surface area contributed by atoms with Gasteiger partial charge in [0.25, 0.3) is 0 Å². The third kappa shape index (κ3) is 3.33. The van der Waals surface area contributed by atoms with Gasteiger partial charge >= 0.3 is 6.01 Å². The van der Waals surface area contributed by atoms with Crippen molar-refractivity contribution in [3.63, 3.8) is 0 Å². The zero-order chi connectivity index (χ0) is 10.6. The van der Waals surface area contributed by atoms with Crippen LogP contribution < -0.4 is 10.2 Å². The molecule has 0 saturated heterocycles. The normalized spacial score (nSPS) is 10.9. The Morgan fingerprint density at radius 1 is 1.36 bits per heavy atom. The lowest BCUT2D eigenvalue weighted by Gasteiger charge is -2.05. The minimum atomic E-state index is 0.548. The van der Waals surface area contributed by atoms with Crippen molar-refractivity contribution in [1.29, 1.82) is 0 Å². The maximum Gasteiger partial charge on any atom is 0.317 e. The summed E-state index contributed by atoms with van der Waals surface area (Å²) in [6.07, 6.45) is 0. The Kier molecular flexibility index (Phi) is 3.88. The van der Waals surface area contributed by atoms with Crippen LogP contribution in [0.2, 0.25) is 0 Å². The highest BCUT2D eigenvalue weighted by molar-refractivity contribution is 5.19. The number of hydrogen-bond acceptors (Lipinski definition) is 5. The Labute approximate surface area is 84.5 Å². The lowest BCUT2D eigenvalue weighted by atomic mass is 10.2. The maximum atomic E-state index is 5.37. The zero-order valence-corrected chi connectivity index (χ0v) is 9.24. The van der Waals surface area contributed by atoms with Crippen LogP contribution in [0.15, 0.2) is 4.42 Å². The van der Waals surface area contributed by atoms with Gasteiger partial charge in [0.05, 0.1) is 6.54 Å². The lowest BCUT2D eigenvalue weighted by Crippen LogP contribution is -2.19. The second kappa shape index (κ2) is 4.95. The summed E-state index contributed by atoms with van der Waals surface area (Å²) >= 11 is 0. The summed E-state index contributed by atoms with van der Waals surface area (Å²) in [6, 6.07) is 0.548. The number of nitrogens with zero attached hydrogens (tertiary/aromatic N) is 3. The van der Waals surface area contributed by atoms with Gasteiger partial charge in [0.15, 0.2) is 0 Å². The van der Waals surface area contributed by atoms with E-state index in [1.54, 1.807) is 4.90 Å². The molecule has 5 heteroatoms. The van der Waals surface area contributed by atoms with Gasteiger partial charge in [0.1, 0.15) is 0 Å². The van der Waals surface area contributed by atoms with Crippen LogP contribution >= 0.6 is 0 Å². The number of anilines is 1. The molecule has 1 rings (SSSR count). The van der Waals surface area contributed by atoms with Crippen molar-refractivity contribution in [3.8, 4) is 0 Å². The highest BCUT2D eigenvalue weighted by atomic mass is 16.4. The summed E-state index contributed by atoms with van der Waals surface area (Å²) < 4.78 is 5.37. The number of aromatic nitrogens is 2. The molecule has 1 aromatic rings. The Morgan fingerprint density at radius 3 is 2.57 bits per heavy atom. The molecule has 14 heavy (non-hydrogen) atoms. The van der Waals surface area contributed by atoms with E-state index in [9.17, 15) is 0 Å². The Morgan fingerprint density at radius 2 is 2.07 bits per heavy atom. The van der Waals surface area contributed by atoms with E-state index in [1.807, 2.05) is 14.1 Å². The number of nitrogens with one attached hydrogen (secondary N) is 1. The molecule has 0 bridgehead atoms. The van der Waals surface area contributed by atoms with E-state index in [-0.39, 0.29) is 0 Å². The molecule has 1 N–H and O–H groups in total. The molecule has 0 radical (unpaired) electrons. The van der Waals surface area contributed by atoms with Gasteiger partial charge in [-0.15, -0.1) is 5.10 Å². The summed E-state index contributed by atoms with van der Waals surface area (Å²) in [4.78, 5) is 1.79. The maximum absolute atomic E-state index is 5.37. The monoisotopic (exact) mass is 198 g/mol. The second-order valence-electron chi connectivity index (χ2n) is 3.90. The van der Waals surface area contributed by atoms with Gasteiger partial charge in [0, 0.05) is 14.1 Å². The molecule has 0 atom stereocenters. The molecule has 0 unspecified atom stereocenters. The minimum absolute atomic E-state index is 0.548. The predicted octanol–water partition coefficient (Wildman–Crippen LogP) is 0.881. The van der Waals surface area contributed by atoms with Crippen molar-refractivity contribution in [2.75, 3.05) is 25.5 Å². The smallest absolute Gasteiger partial charge is 0.317 e. The van der Waals surface area contributed by atoms with Crippen LogP contribution in [0.1, 0.15) is 19.7 Å². The van der Waals surface area contributed by atoms with Crippen LogP contribution in [-0.2, 0) is 6.54 Å². The molecule has 5 nitrogen and oxygen atoms in total. The van der Waals surface area contributed by atoms with Crippen molar-refractivity contribution in [2.45, 2.75) is 20.4 Å². The summed E-state index contributed by atoms with van der Waals surface area (Å²) in [5, 5.41) is 11.0. The first-order chi connectivity index (χ1) is 6.59. The Hall–Kier alpha value is -1.10. The molecule has 0 spiro atoms. The zero-order valence-electron chi connectivity index (χ0n) is 9.24. The average molecular weight is 198 g/mol.